The van der Waals surface area contributed by atoms with Crippen molar-refractivity contribution in [2.24, 2.45) is 0 Å². The van der Waals surface area contributed by atoms with Gasteiger partial charge in [-0.2, -0.15) is 0 Å². The van der Waals surface area contributed by atoms with Gasteiger partial charge in [0.05, 0.1) is 6.26 Å². The SMILES string of the molecule is Cc1ccc(NC(=O)/C(=C/c2cccc3ccccc23)NC(=O)c2ccco2)cc1. The zero-order valence-corrected chi connectivity index (χ0v) is 16.4. The van der Waals surface area contributed by atoms with Gasteiger partial charge in [0.1, 0.15) is 5.70 Å². The van der Waals surface area contributed by atoms with Gasteiger partial charge < -0.3 is 15.1 Å². The third kappa shape index (κ3) is 4.31. The molecule has 0 radical (unpaired) electrons. The first-order valence-electron chi connectivity index (χ1n) is 9.52. The first kappa shape index (κ1) is 19.2. The van der Waals surface area contributed by atoms with Crippen molar-refractivity contribution in [2.45, 2.75) is 6.92 Å². The number of rotatable bonds is 5. The maximum atomic E-state index is 13.0. The number of furan rings is 1. The molecule has 0 unspecified atom stereocenters. The number of hydrogen-bond donors (Lipinski definition) is 2. The number of nitrogens with one attached hydrogen (secondary N) is 2. The summed E-state index contributed by atoms with van der Waals surface area (Å²) in [5, 5.41) is 7.54. The summed E-state index contributed by atoms with van der Waals surface area (Å²) in [5.74, 6) is -0.792. The van der Waals surface area contributed by atoms with E-state index in [0.717, 1.165) is 21.9 Å². The number of hydrogen-bond acceptors (Lipinski definition) is 3. The molecule has 4 aromatic rings. The van der Waals surface area contributed by atoms with E-state index in [9.17, 15) is 9.59 Å². The Morgan fingerprint density at radius 3 is 2.40 bits per heavy atom. The second-order valence-corrected chi connectivity index (χ2v) is 6.88. The number of anilines is 1. The van der Waals surface area contributed by atoms with Crippen molar-refractivity contribution in [3.05, 3.63) is 108 Å². The number of carbonyl (C=O) groups excluding carboxylic acids is 2. The molecule has 2 N–H and O–H groups in total. The van der Waals surface area contributed by atoms with E-state index in [1.54, 1.807) is 18.2 Å². The standard InChI is InChI=1S/C25H20N2O3/c1-17-11-13-20(14-12-17)26-24(28)22(27-25(29)23-10-5-15-30-23)16-19-8-4-7-18-6-2-3-9-21(18)19/h2-16H,1H3,(H,26,28)(H,27,29)/b22-16-. The molecular formula is C25H20N2O3. The molecule has 0 fully saturated rings. The van der Waals surface area contributed by atoms with Gasteiger partial charge >= 0.3 is 0 Å². The van der Waals surface area contributed by atoms with Crippen LogP contribution in [0.4, 0.5) is 5.69 Å². The summed E-state index contributed by atoms with van der Waals surface area (Å²) < 4.78 is 5.16. The second-order valence-electron chi connectivity index (χ2n) is 6.88. The fourth-order valence-corrected chi connectivity index (χ4v) is 3.12. The van der Waals surface area contributed by atoms with E-state index in [4.69, 9.17) is 4.42 Å². The maximum absolute atomic E-state index is 13.0. The third-order valence-corrected chi connectivity index (χ3v) is 4.67. The number of amides is 2. The Balaban J connectivity index is 1.70. The average Bonchev–Trinajstić information content (AvgIpc) is 3.30. The van der Waals surface area contributed by atoms with Crippen LogP contribution in [0.15, 0.2) is 95.2 Å². The molecule has 0 aliphatic rings. The van der Waals surface area contributed by atoms with E-state index in [1.807, 2.05) is 73.7 Å². The minimum Gasteiger partial charge on any atom is -0.459 e. The fraction of sp³-hybridized carbons (Fsp3) is 0.0400. The Bertz CT molecular complexity index is 1220. The van der Waals surface area contributed by atoms with Crippen LogP contribution < -0.4 is 10.6 Å². The molecule has 0 aliphatic carbocycles. The van der Waals surface area contributed by atoms with Crippen molar-refractivity contribution in [1.29, 1.82) is 0 Å². The molecular weight excluding hydrogens is 376 g/mol. The van der Waals surface area contributed by atoms with Crippen LogP contribution in [0, 0.1) is 6.92 Å². The van der Waals surface area contributed by atoms with Crippen LogP contribution >= 0.6 is 0 Å². The van der Waals surface area contributed by atoms with E-state index < -0.39 is 11.8 Å². The predicted octanol–water partition coefficient (Wildman–Crippen LogP) is 5.15. The quantitative estimate of drug-likeness (QED) is 0.458. The average molecular weight is 396 g/mol. The molecule has 3 aromatic carbocycles. The van der Waals surface area contributed by atoms with Crippen molar-refractivity contribution >= 4 is 34.4 Å². The van der Waals surface area contributed by atoms with E-state index >= 15 is 0 Å². The van der Waals surface area contributed by atoms with E-state index in [-0.39, 0.29) is 11.5 Å². The smallest absolute Gasteiger partial charge is 0.291 e. The molecule has 1 aromatic heterocycles. The number of benzene rings is 3. The number of aryl methyl sites for hydroxylation is 1. The largest absolute Gasteiger partial charge is 0.459 e. The highest BCUT2D eigenvalue weighted by Gasteiger charge is 2.17. The van der Waals surface area contributed by atoms with E-state index in [2.05, 4.69) is 10.6 Å². The molecule has 30 heavy (non-hydrogen) atoms. The number of carbonyl (C=O) groups is 2. The van der Waals surface area contributed by atoms with Gasteiger partial charge in [0.25, 0.3) is 11.8 Å². The van der Waals surface area contributed by atoms with Crippen LogP contribution in [0.3, 0.4) is 0 Å². The Morgan fingerprint density at radius 2 is 1.63 bits per heavy atom. The summed E-state index contributed by atoms with van der Waals surface area (Å²) in [6.07, 6.45) is 3.09. The van der Waals surface area contributed by atoms with Crippen molar-refractivity contribution in [3.8, 4) is 0 Å². The Kier molecular flexibility index (Phi) is 5.44. The normalized spacial score (nSPS) is 11.3. The summed E-state index contributed by atoms with van der Waals surface area (Å²) in [4.78, 5) is 25.6. The van der Waals surface area contributed by atoms with Crippen LogP contribution in [-0.2, 0) is 4.79 Å². The van der Waals surface area contributed by atoms with Crippen LogP contribution in [0.5, 0.6) is 0 Å². The summed E-state index contributed by atoms with van der Waals surface area (Å²) in [7, 11) is 0. The van der Waals surface area contributed by atoms with Gasteiger partial charge in [-0.1, -0.05) is 60.2 Å². The minimum absolute atomic E-state index is 0.119. The molecule has 0 saturated heterocycles. The van der Waals surface area contributed by atoms with Crippen LogP contribution in [-0.4, -0.2) is 11.8 Å². The fourth-order valence-electron chi connectivity index (χ4n) is 3.12. The molecule has 2 amide bonds. The molecule has 0 spiro atoms. The molecule has 0 atom stereocenters. The van der Waals surface area contributed by atoms with Gasteiger partial charge in [-0.25, -0.2) is 0 Å². The summed E-state index contributed by atoms with van der Waals surface area (Å²) >= 11 is 0. The van der Waals surface area contributed by atoms with Gasteiger partial charge in [-0.05, 0) is 53.6 Å². The van der Waals surface area contributed by atoms with Crippen molar-refractivity contribution in [1.82, 2.24) is 5.32 Å². The van der Waals surface area contributed by atoms with E-state index in [0.29, 0.717) is 5.69 Å². The van der Waals surface area contributed by atoms with Gasteiger partial charge in [0.15, 0.2) is 5.76 Å². The van der Waals surface area contributed by atoms with Gasteiger partial charge in [0.2, 0.25) is 0 Å². The first-order valence-corrected chi connectivity index (χ1v) is 9.52. The molecule has 5 heteroatoms. The predicted molar refractivity (Wildman–Crippen MR) is 118 cm³/mol. The lowest BCUT2D eigenvalue weighted by molar-refractivity contribution is -0.113. The molecule has 0 bridgehead atoms. The van der Waals surface area contributed by atoms with Crippen molar-refractivity contribution < 1.29 is 14.0 Å². The Labute approximate surface area is 174 Å². The highest BCUT2D eigenvalue weighted by atomic mass is 16.3. The summed E-state index contributed by atoms with van der Waals surface area (Å²) in [5.41, 5.74) is 2.67. The van der Waals surface area contributed by atoms with Crippen LogP contribution in [0.1, 0.15) is 21.7 Å². The Morgan fingerprint density at radius 1 is 0.867 bits per heavy atom. The van der Waals surface area contributed by atoms with Gasteiger partial charge in [-0.3, -0.25) is 9.59 Å². The molecule has 5 nitrogen and oxygen atoms in total. The van der Waals surface area contributed by atoms with Gasteiger partial charge in [0, 0.05) is 5.69 Å². The lowest BCUT2D eigenvalue weighted by Crippen LogP contribution is -2.30. The molecule has 1 heterocycles. The van der Waals surface area contributed by atoms with E-state index in [1.165, 1.54) is 6.26 Å². The maximum Gasteiger partial charge on any atom is 0.291 e. The summed E-state index contributed by atoms with van der Waals surface area (Å²) in [6, 6.07) is 24.3. The third-order valence-electron chi connectivity index (χ3n) is 4.67. The number of fused-ring (bicyclic) bond motifs is 1. The molecule has 0 aliphatic heterocycles. The second kappa shape index (κ2) is 8.49. The zero-order chi connectivity index (χ0) is 20.9. The minimum atomic E-state index is -0.495. The summed E-state index contributed by atoms with van der Waals surface area (Å²) in [6.45, 7) is 1.97. The van der Waals surface area contributed by atoms with Crippen LogP contribution in [0.25, 0.3) is 16.8 Å². The Hall–Kier alpha value is -4.12. The molecule has 148 valence electrons. The van der Waals surface area contributed by atoms with Crippen molar-refractivity contribution in [2.75, 3.05) is 5.32 Å². The molecule has 4 rings (SSSR count). The monoisotopic (exact) mass is 396 g/mol. The lowest BCUT2D eigenvalue weighted by atomic mass is 10.0. The zero-order valence-electron chi connectivity index (χ0n) is 16.4. The van der Waals surface area contributed by atoms with Crippen LogP contribution in [0.2, 0.25) is 0 Å². The lowest BCUT2D eigenvalue weighted by Gasteiger charge is -2.11. The topological polar surface area (TPSA) is 71.3 Å². The molecule has 0 saturated carbocycles. The highest BCUT2D eigenvalue weighted by molar-refractivity contribution is 6.11. The highest BCUT2D eigenvalue weighted by Crippen LogP contribution is 2.21. The van der Waals surface area contributed by atoms with Crippen molar-refractivity contribution in [3.63, 3.8) is 0 Å². The first-order chi connectivity index (χ1) is 14.6. The van der Waals surface area contributed by atoms with Gasteiger partial charge in [-0.15, -0.1) is 0 Å².